The number of furan rings is 1. The summed E-state index contributed by atoms with van der Waals surface area (Å²) in [5, 5.41) is 25.9. The molecule has 226 valence electrons. The number of nitrogens with one attached hydrogen (secondary N) is 2. The van der Waals surface area contributed by atoms with E-state index in [2.05, 4.69) is 39.5 Å². The maximum Gasteiger partial charge on any atom is 0.291 e. The molecule has 2 bridgehead atoms. The van der Waals surface area contributed by atoms with Gasteiger partial charge in [-0.15, -0.1) is 0 Å². The molecule has 0 spiro atoms. The summed E-state index contributed by atoms with van der Waals surface area (Å²) in [5.74, 6) is -1.20. The van der Waals surface area contributed by atoms with Gasteiger partial charge >= 0.3 is 0 Å². The summed E-state index contributed by atoms with van der Waals surface area (Å²) < 4.78 is 5.28. The lowest BCUT2D eigenvalue weighted by Gasteiger charge is -2.38. The van der Waals surface area contributed by atoms with Crippen molar-refractivity contribution in [2.75, 3.05) is 54.4 Å². The van der Waals surface area contributed by atoms with Gasteiger partial charge in [0.15, 0.2) is 5.76 Å². The van der Waals surface area contributed by atoms with Gasteiger partial charge in [0.2, 0.25) is 5.91 Å². The lowest BCUT2D eigenvalue weighted by molar-refractivity contribution is -0.146. The number of benzene rings is 2. The van der Waals surface area contributed by atoms with E-state index in [0.29, 0.717) is 37.2 Å². The van der Waals surface area contributed by atoms with Gasteiger partial charge in [-0.1, -0.05) is 18.2 Å². The third kappa shape index (κ3) is 5.70. The molecule has 2 saturated heterocycles. The summed E-state index contributed by atoms with van der Waals surface area (Å²) in [4.78, 5) is 44.7. The minimum atomic E-state index is -0.990. The van der Waals surface area contributed by atoms with Crippen molar-refractivity contribution < 1.29 is 29.0 Å². The van der Waals surface area contributed by atoms with Crippen LogP contribution < -0.4 is 20.4 Å². The fourth-order valence-corrected chi connectivity index (χ4v) is 6.52. The SMILES string of the molecule is Cc1ccccc1N1CCN(c2ccc(C(=O)NCCCN3C(=O)C4CC3C(O)C4O)cc2NC(=O)c2ccco2)CC1. The number of para-hydroxylation sites is 1. The first-order valence-corrected chi connectivity index (χ1v) is 14.8. The van der Waals surface area contributed by atoms with Crippen LogP contribution >= 0.6 is 0 Å². The Morgan fingerprint density at radius 1 is 0.930 bits per heavy atom. The van der Waals surface area contributed by atoms with E-state index in [1.807, 2.05) is 18.2 Å². The first kappa shape index (κ1) is 28.8. The average Bonchev–Trinajstić information content (AvgIpc) is 3.74. The van der Waals surface area contributed by atoms with Crippen LogP contribution in [0.3, 0.4) is 0 Å². The van der Waals surface area contributed by atoms with Crippen LogP contribution in [0.1, 0.15) is 39.3 Å². The van der Waals surface area contributed by atoms with Gasteiger partial charge in [0.25, 0.3) is 11.8 Å². The minimum Gasteiger partial charge on any atom is -0.459 e. The summed E-state index contributed by atoms with van der Waals surface area (Å²) >= 11 is 0. The van der Waals surface area contributed by atoms with Crippen molar-refractivity contribution >= 4 is 34.8 Å². The van der Waals surface area contributed by atoms with Crippen LogP contribution in [0.25, 0.3) is 0 Å². The number of hydrogen-bond donors (Lipinski definition) is 4. The third-order valence-electron chi connectivity index (χ3n) is 8.84. The van der Waals surface area contributed by atoms with Gasteiger partial charge in [0.1, 0.15) is 6.10 Å². The van der Waals surface area contributed by atoms with E-state index in [1.165, 1.54) is 17.5 Å². The van der Waals surface area contributed by atoms with E-state index < -0.39 is 24.0 Å². The van der Waals surface area contributed by atoms with Crippen molar-refractivity contribution in [1.82, 2.24) is 10.2 Å². The normalized spacial score (nSPS) is 23.1. The van der Waals surface area contributed by atoms with E-state index in [4.69, 9.17) is 4.42 Å². The number of carbonyl (C=O) groups is 3. The molecule has 0 radical (unpaired) electrons. The van der Waals surface area contributed by atoms with Crippen LogP contribution in [-0.4, -0.2) is 90.4 Å². The lowest BCUT2D eigenvalue weighted by atomic mass is 10.0. The number of nitrogens with zero attached hydrogens (tertiary/aromatic N) is 3. The molecule has 2 aromatic carbocycles. The molecule has 1 aromatic heterocycles. The Balaban J connectivity index is 1.11. The van der Waals surface area contributed by atoms with Gasteiger partial charge in [-0.2, -0.15) is 0 Å². The number of aliphatic hydroxyl groups excluding tert-OH is 2. The van der Waals surface area contributed by atoms with E-state index in [1.54, 1.807) is 29.2 Å². The molecule has 3 fully saturated rings. The highest BCUT2D eigenvalue weighted by Gasteiger charge is 2.55. The molecule has 1 aliphatic carbocycles. The second-order valence-corrected chi connectivity index (χ2v) is 11.5. The van der Waals surface area contributed by atoms with Crippen LogP contribution in [0, 0.1) is 12.8 Å². The average molecular weight is 588 g/mol. The van der Waals surface area contributed by atoms with Crippen molar-refractivity contribution in [2.45, 2.75) is 38.0 Å². The maximum absolute atomic E-state index is 13.1. The Kier molecular flexibility index (Phi) is 8.09. The zero-order valence-corrected chi connectivity index (χ0v) is 24.1. The summed E-state index contributed by atoms with van der Waals surface area (Å²) in [6, 6.07) is 16.5. The molecule has 3 aliphatic rings. The number of piperidine rings is 1. The number of piperazine rings is 1. The first-order chi connectivity index (χ1) is 20.8. The van der Waals surface area contributed by atoms with Gasteiger partial charge in [-0.05, 0) is 61.7 Å². The predicted molar refractivity (Wildman–Crippen MR) is 161 cm³/mol. The molecular weight excluding hydrogens is 550 g/mol. The highest BCUT2D eigenvalue weighted by molar-refractivity contribution is 6.05. The van der Waals surface area contributed by atoms with Crippen molar-refractivity contribution in [1.29, 1.82) is 0 Å². The molecule has 3 amide bonds. The smallest absolute Gasteiger partial charge is 0.291 e. The van der Waals surface area contributed by atoms with Gasteiger partial charge < -0.3 is 40.0 Å². The number of fused-ring (bicyclic) bond motifs is 2. The van der Waals surface area contributed by atoms with Gasteiger partial charge in [-0.25, -0.2) is 0 Å². The Morgan fingerprint density at radius 2 is 1.67 bits per heavy atom. The predicted octanol–water partition coefficient (Wildman–Crippen LogP) is 2.24. The second kappa shape index (κ2) is 12.1. The number of rotatable bonds is 9. The van der Waals surface area contributed by atoms with Crippen molar-refractivity contribution in [3.05, 3.63) is 77.7 Å². The van der Waals surface area contributed by atoms with Gasteiger partial charge in [0, 0.05) is 50.5 Å². The van der Waals surface area contributed by atoms with E-state index in [9.17, 15) is 24.6 Å². The topological polar surface area (TPSA) is 139 Å². The molecule has 43 heavy (non-hydrogen) atoms. The summed E-state index contributed by atoms with van der Waals surface area (Å²) in [5.41, 5.74) is 4.19. The molecule has 11 heteroatoms. The Labute approximate surface area is 250 Å². The van der Waals surface area contributed by atoms with Crippen LogP contribution in [0.15, 0.2) is 65.3 Å². The van der Waals surface area contributed by atoms with Crippen LogP contribution in [0.2, 0.25) is 0 Å². The number of aliphatic hydroxyl groups is 2. The fraction of sp³-hybridized carbons (Fsp3) is 0.406. The Morgan fingerprint density at radius 3 is 2.37 bits per heavy atom. The zero-order valence-electron chi connectivity index (χ0n) is 24.1. The molecule has 6 rings (SSSR count). The van der Waals surface area contributed by atoms with Crippen LogP contribution in [0.5, 0.6) is 0 Å². The van der Waals surface area contributed by atoms with E-state index in [0.717, 1.165) is 31.9 Å². The molecule has 4 N–H and O–H groups in total. The zero-order chi connectivity index (χ0) is 30.1. The van der Waals surface area contributed by atoms with Crippen LogP contribution in [0.4, 0.5) is 17.1 Å². The van der Waals surface area contributed by atoms with Crippen LogP contribution in [-0.2, 0) is 4.79 Å². The molecule has 4 atom stereocenters. The number of hydrogen-bond acceptors (Lipinski definition) is 8. The molecule has 11 nitrogen and oxygen atoms in total. The molecule has 2 aliphatic heterocycles. The second-order valence-electron chi connectivity index (χ2n) is 11.5. The summed E-state index contributed by atoms with van der Waals surface area (Å²) in [6.45, 7) is 5.94. The number of anilines is 3. The third-order valence-corrected chi connectivity index (χ3v) is 8.84. The number of amides is 3. The molecular formula is C32H37N5O6. The Bertz CT molecular complexity index is 1490. The molecule has 3 heterocycles. The standard InChI is InChI=1S/C32H37N5O6/c1-20-6-2-3-7-24(20)35-13-15-36(16-14-35)25-10-9-21(18-23(25)34-31(41)27-8-4-17-43-27)30(40)33-11-5-12-37-26-19-22(32(37)42)28(38)29(26)39/h2-4,6-10,17-18,22,26,28-29,38-39H,5,11-16,19H2,1H3,(H,33,40)(H,34,41). The summed E-state index contributed by atoms with van der Waals surface area (Å²) in [6.07, 6.45) is 0.503. The largest absolute Gasteiger partial charge is 0.459 e. The monoisotopic (exact) mass is 587 g/mol. The maximum atomic E-state index is 13.1. The van der Waals surface area contributed by atoms with Crippen molar-refractivity contribution in [2.24, 2.45) is 5.92 Å². The van der Waals surface area contributed by atoms with Gasteiger partial charge in [0.05, 0.1) is 35.7 Å². The quantitative estimate of drug-likeness (QED) is 0.280. The first-order valence-electron chi connectivity index (χ1n) is 14.8. The Hall–Kier alpha value is -4.35. The number of carbonyl (C=O) groups excluding carboxylic acids is 3. The molecule has 3 aromatic rings. The summed E-state index contributed by atoms with van der Waals surface area (Å²) in [7, 11) is 0. The molecule has 4 unspecified atom stereocenters. The highest BCUT2D eigenvalue weighted by atomic mass is 16.3. The van der Waals surface area contributed by atoms with E-state index in [-0.39, 0.29) is 23.6 Å². The highest BCUT2D eigenvalue weighted by Crippen LogP contribution is 2.39. The number of aryl methyl sites for hydroxylation is 1. The van der Waals surface area contributed by atoms with E-state index >= 15 is 0 Å². The van der Waals surface area contributed by atoms with Gasteiger partial charge in [-0.3, -0.25) is 14.4 Å². The lowest BCUT2D eigenvalue weighted by Crippen LogP contribution is -2.51. The number of likely N-dealkylation sites (tertiary alicyclic amines) is 1. The van der Waals surface area contributed by atoms with Crippen molar-refractivity contribution in [3.8, 4) is 0 Å². The molecule has 1 saturated carbocycles. The minimum absolute atomic E-state index is 0.138. The van der Waals surface area contributed by atoms with Crippen molar-refractivity contribution in [3.63, 3.8) is 0 Å². The fourth-order valence-electron chi connectivity index (χ4n) is 6.52.